The van der Waals surface area contributed by atoms with Crippen LogP contribution in [0.5, 0.6) is 0 Å². The minimum absolute atomic E-state index is 0.240. The Bertz CT molecular complexity index is 401. The number of aryl methyl sites for hydroxylation is 1. The molecular weight excluding hydrogens is 251 g/mol. The molecule has 0 amide bonds. The fourth-order valence-corrected chi connectivity index (χ4v) is 3.49. The third-order valence-corrected chi connectivity index (χ3v) is 4.71. The number of unbranched alkanes of at least 4 members (excludes halogenated alkanes) is 1. The lowest BCUT2D eigenvalue weighted by atomic mass is 9.76. The third kappa shape index (κ3) is 4.05. The van der Waals surface area contributed by atoms with Crippen molar-refractivity contribution in [3.8, 4) is 0 Å². The van der Waals surface area contributed by atoms with Crippen molar-refractivity contribution in [2.24, 2.45) is 11.8 Å². The van der Waals surface area contributed by atoms with E-state index in [0.29, 0.717) is 5.92 Å². The standard InChI is InChI=1S/C18H27FO/c1-3-4-5-14-6-8-15(9-7-14)18(20)16-10-13(2)11-17(19)12-16/h10-12,14-15,18,20H,3-9H2,1-2H3. The van der Waals surface area contributed by atoms with Gasteiger partial charge in [-0.1, -0.05) is 45.1 Å². The fourth-order valence-electron chi connectivity index (χ4n) is 3.49. The molecule has 1 aromatic rings. The van der Waals surface area contributed by atoms with Crippen LogP contribution in [-0.2, 0) is 0 Å². The Kier molecular flexibility index (Phi) is 5.59. The Morgan fingerprint density at radius 3 is 2.50 bits per heavy atom. The van der Waals surface area contributed by atoms with Crippen LogP contribution < -0.4 is 0 Å². The van der Waals surface area contributed by atoms with Crippen molar-refractivity contribution >= 4 is 0 Å². The predicted octanol–water partition coefficient (Wildman–Crippen LogP) is 5.16. The summed E-state index contributed by atoms with van der Waals surface area (Å²) in [6, 6.07) is 4.91. The molecule has 1 atom stereocenters. The van der Waals surface area contributed by atoms with Crippen LogP contribution in [0, 0.1) is 24.6 Å². The summed E-state index contributed by atoms with van der Waals surface area (Å²) >= 11 is 0. The van der Waals surface area contributed by atoms with E-state index in [1.165, 1.54) is 44.2 Å². The van der Waals surface area contributed by atoms with Crippen molar-refractivity contribution in [2.45, 2.75) is 64.9 Å². The second kappa shape index (κ2) is 7.21. The maximum atomic E-state index is 13.4. The Hall–Kier alpha value is -0.890. The molecule has 0 radical (unpaired) electrons. The molecule has 0 aliphatic heterocycles. The molecule has 112 valence electrons. The minimum Gasteiger partial charge on any atom is -0.388 e. The van der Waals surface area contributed by atoms with E-state index in [1.807, 2.05) is 13.0 Å². The van der Waals surface area contributed by atoms with Gasteiger partial charge in [0.2, 0.25) is 0 Å². The van der Waals surface area contributed by atoms with Crippen LogP contribution in [-0.4, -0.2) is 5.11 Å². The summed E-state index contributed by atoms with van der Waals surface area (Å²) in [7, 11) is 0. The summed E-state index contributed by atoms with van der Waals surface area (Å²) in [5.74, 6) is 0.900. The third-order valence-electron chi connectivity index (χ3n) is 4.71. The Morgan fingerprint density at radius 2 is 1.90 bits per heavy atom. The van der Waals surface area contributed by atoms with Crippen LogP contribution in [0.2, 0.25) is 0 Å². The SMILES string of the molecule is CCCCC1CCC(C(O)c2cc(C)cc(F)c2)CC1. The molecule has 1 aromatic carbocycles. The average Bonchev–Trinajstić information content (AvgIpc) is 2.44. The first kappa shape index (κ1) is 15.5. The zero-order valence-corrected chi connectivity index (χ0v) is 12.7. The van der Waals surface area contributed by atoms with Gasteiger partial charge in [0.1, 0.15) is 5.82 Å². The molecule has 1 N–H and O–H groups in total. The lowest BCUT2D eigenvalue weighted by molar-refractivity contribution is 0.0717. The average molecular weight is 278 g/mol. The molecule has 1 nitrogen and oxygen atoms in total. The monoisotopic (exact) mass is 278 g/mol. The highest BCUT2D eigenvalue weighted by molar-refractivity contribution is 5.25. The van der Waals surface area contributed by atoms with E-state index in [0.717, 1.165) is 29.9 Å². The maximum Gasteiger partial charge on any atom is 0.123 e. The zero-order valence-electron chi connectivity index (χ0n) is 12.7. The molecule has 0 spiro atoms. The molecule has 2 rings (SSSR count). The molecule has 0 heterocycles. The van der Waals surface area contributed by atoms with E-state index >= 15 is 0 Å². The highest BCUT2D eigenvalue weighted by Crippen LogP contribution is 2.38. The molecule has 2 heteroatoms. The summed E-state index contributed by atoms with van der Waals surface area (Å²) in [6.45, 7) is 4.11. The first-order valence-electron chi connectivity index (χ1n) is 8.05. The van der Waals surface area contributed by atoms with Crippen LogP contribution in [0.15, 0.2) is 18.2 Å². The molecule has 1 unspecified atom stereocenters. The molecule has 1 fully saturated rings. The minimum atomic E-state index is -0.503. The van der Waals surface area contributed by atoms with Crippen molar-refractivity contribution in [1.82, 2.24) is 0 Å². The van der Waals surface area contributed by atoms with E-state index in [4.69, 9.17) is 0 Å². The molecular formula is C18H27FO. The number of aliphatic hydroxyl groups is 1. The van der Waals surface area contributed by atoms with Crippen molar-refractivity contribution in [1.29, 1.82) is 0 Å². The highest BCUT2D eigenvalue weighted by Gasteiger charge is 2.27. The van der Waals surface area contributed by atoms with E-state index in [9.17, 15) is 9.50 Å². The number of hydrogen-bond donors (Lipinski definition) is 1. The second-order valence-corrected chi connectivity index (χ2v) is 6.43. The van der Waals surface area contributed by atoms with Gasteiger partial charge in [-0.25, -0.2) is 4.39 Å². The van der Waals surface area contributed by atoms with E-state index in [2.05, 4.69) is 6.92 Å². The Balaban J connectivity index is 1.92. The van der Waals surface area contributed by atoms with Gasteiger partial charge in [0, 0.05) is 0 Å². The number of halogens is 1. The number of aliphatic hydroxyl groups excluding tert-OH is 1. The first-order chi connectivity index (χ1) is 9.60. The van der Waals surface area contributed by atoms with E-state index in [-0.39, 0.29) is 5.82 Å². The molecule has 1 aliphatic carbocycles. The molecule has 20 heavy (non-hydrogen) atoms. The van der Waals surface area contributed by atoms with Crippen molar-refractivity contribution in [3.05, 3.63) is 35.1 Å². The van der Waals surface area contributed by atoms with E-state index in [1.54, 1.807) is 0 Å². The molecule has 1 saturated carbocycles. The van der Waals surface area contributed by atoms with E-state index < -0.39 is 6.10 Å². The zero-order chi connectivity index (χ0) is 14.5. The van der Waals surface area contributed by atoms with Crippen LogP contribution in [0.25, 0.3) is 0 Å². The van der Waals surface area contributed by atoms with Crippen molar-refractivity contribution in [2.75, 3.05) is 0 Å². The predicted molar refractivity (Wildman–Crippen MR) is 81.1 cm³/mol. The smallest absolute Gasteiger partial charge is 0.123 e. The van der Waals surface area contributed by atoms with Crippen molar-refractivity contribution in [3.63, 3.8) is 0 Å². The summed E-state index contributed by atoms with van der Waals surface area (Å²) in [5.41, 5.74) is 1.63. The maximum absolute atomic E-state index is 13.4. The van der Waals surface area contributed by atoms with Gasteiger partial charge in [0.25, 0.3) is 0 Å². The normalized spacial score (nSPS) is 24.6. The van der Waals surface area contributed by atoms with Crippen LogP contribution in [0.3, 0.4) is 0 Å². The van der Waals surface area contributed by atoms with Crippen LogP contribution in [0.1, 0.15) is 69.1 Å². The topological polar surface area (TPSA) is 20.2 Å². The Labute approximate surface area is 122 Å². The summed E-state index contributed by atoms with van der Waals surface area (Å²) in [6.07, 6.45) is 8.00. The number of benzene rings is 1. The molecule has 0 saturated heterocycles. The van der Waals surface area contributed by atoms with Gasteiger partial charge < -0.3 is 5.11 Å². The number of hydrogen-bond acceptors (Lipinski definition) is 1. The Morgan fingerprint density at radius 1 is 1.20 bits per heavy atom. The largest absolute Gasteiger partial charge is 0.388 e. The van der Waals surface area contributed by atoms with Gasteiger partial charge in [-0.3, -0.25) is 0 Å². The molecule has 0 aromatic heterocycles. The van der Waals surface area contributed by atoms with Gasteiger partial charge in [-0.05, 0) is 54.9 Å². The first-order valence-corrected chi connectivity index (χ1v) is 8.05. The number of rotatable bonds is 5. The van der Waals surface area contributed by atoms with Gasteiger partial charge in [0.05, 0.1) is 6.10 Å². The van der Waals surface area contributed by atoms with Gasteiger partial charge in [-0.15, -0.1) is 0 Å². The quantitative estimate of drug-likeness (QED) is 0.788. The lowest BCUT2D eigenvalue weighted by Gasteiger charge is -2.31. The molecule has 0 bridgehead atoms. The van der Waals surface area contributed by atoms with Gasteiger partial charge in [0.15, 0.2) is 0 Å². The summed E-state index contributed by atoms with van der Waals surface area (Å²) in [4.78, 5) is 0. The highest BCUT2D eigenvalue weighted by atomic mass is 19.1. The van der Waals surface area contributed by atoms with Gasteiger partial charge in [-0.2, -0.15) is 0 Å². The lowest BCUT2D eigenvalue weighted by Crippen LogP contribution is -2.20. The fraction of sp³-hybridized carbons (Fsp3) is 0.667. The second-order valence-electron chi connectivity index (χ2n) is 6.43. The summed E-state index contributed by atoms with van der Waals surface area (Å²) in [5, 5.41) is 10.5. The van der Waals surface area contributed by atoms with Crippen LogP contribution in [0.4, 0.5) is 4.39 Å². The van der Waals surface area contributed by atoms with Crippen molar-refractivity contribution < 1.29 is 9.50 Å². The van der Waals surface area contributed by atoms with Gasteiger partial charge >= 0.3 is 0 Å². The van der Waals surface area contributed by atoms with Crippen LogP contribution >= 0.6 is 0 Å². The summed E-state index contributed by atoms with van der Waals surface area (Å²) < 4.78 is 13.4. The molecule has 1 aliphatic rings.